The molecule has 0 aromatic heterocycles. The summed E-state index contributed by atoms with van der Waals surface area (Å²) in [6, 6.07) is 11.4. The molecule has 1 amide bonds. The van der Waals surface area contributed by atoms with Crippen LogP contribution in [0.3, 0.4) is 0 Å². The van der Waals surface area contributed by atoms with Gasteiger partial charge in [-0.2, -0.15) is 0 Å². The number of hydrogen-bond donors (Lipinski definition) is 2. The number of carbonyl (C=O) groups is 2. The van der Waals surface area contributed by atoms with Crippen molar-refractivity contribution in [2.24, 2.45) is 0 Å². The van der Waals surface area contributed by atoms with Crippen LogP contribution in [0.2, 0.25) is 0 Å². The van der Waals surface area contributed by atoms with Crippen LogP contribution in [0.25, 0.3) is 0 Å². The molecule has 21 heavy (non-hydrogen) atoms. The van der Waals surface area contributed by atoms with E-state index in [2.05, 4.69) is 0 Å². The van der Waals surface area contributed by atoms with E-state index in [9.17, 15) is 14.7 Å². The topological polar surface area (TPSA) is 77.8 Å². The minimum atomic E-state index is -1.02. The minimum Gasteiger partial charge on any atom is -0.508 e. The summed E-state index contributed by atoms with van der Waals surface area (Å²) in [6.45, 7) is 0.309. The summed E-state index contributed by atoms with van der Waals surface area (Å²) in [7, 11) is 0. The van der Waals surface area contributed by atoms with Crippen molar-refractivity contribution in [1.82, 2.24) is 0 Å². The number of aromatic hydroxyl groups is 1. The molecule has 0 atom stereocenters. The van der Waals surface area contributed by atoms with Gasteiger partial charge in [-0.05, 0) is 35.4 Å². The van der Waals surface area contributed by atoms with Gasteiger partial charge in [0.25, 0.3) is 0 Å². The first-order chi connectivity index (χ1) is 10.0. The number of carboxylic acids is 1. The van der Waals surface area contributed by atoms with E-state index in [1.165, 1.54) is 12.1 Å². The number of amides is 1. The molecular weight excluding hydrogens is 270 g/mol. The molecule has 0 bridgehead atoms. The van der Waals surface area contributed by atoms with Gasteiger partial charge in [0.15, 0.2) is 0 Å². The Hall–Kier alpha value is -2.82. The smallest absolute Gasteiger partial charge is 0.335 e. The van der Waals surface area contributed by atoms with Crippen LogP contribution >= 0.6 is 0 Å². The van der Waals surface area contributed by atoms with Crippen LogP contribution in [-0.2, 0) is 17.8 Å². The normalized spacial score (nSPS) is 13.3. The van der Waals surface area contributed by atoms with Crippen molar-refractivity contribution in [3.63, 3.8) is 0 Å². The first kappa shape index (κ1) is 13.2. The van der Waals surface area contributed by atoms with Gasteiger partial charge in [0.05, 0.1) is 18.5 Å². The van der Waals surface area contributed by atoms with Gasteiger partial charge >= 0.3 is 5.97 Å². The molecule has 0 radical (unpaired) electrons. The van der Waals surface area contributed by atoms with Crippen molar-refractivity contribution in [2.45, 2.75) is 13.0 Å². The molecule has 0 saturated heterocycles. The fraction of sp³-hybridized carbons (Fsp3) is 0.125. The average Bonchev–Trinajstić information content (AvgIpc) is 2.74. The Bertz CT molecular complexity index is 739. The number of hydrogen-bond acceptors (Lipinski definition) is 3. The Kier molecular flexibility index (Phi) is 3.10. The molecule has 2 aromatic rings. The van der Waals surface area contributed by atoms with Crippen molar-refractivity contribution in [3.05, 3.63) is 59.2 Å². The van der Waals surface area contributed by atoms with Gasteiger partial charge < -0.3 is 15.1 Å². The first-order valence-corrected chi connectivity index (χ1v) is 6.49. The van der Waals surface area contributed by atoms with Crippen LogP contribution in [-0.4, -0.2) is 22.1 Å². The Morgan fingerprint density at radius 1 is 1.19 bits per heavy atom. The van der Waals surface area contributed by atoms with Crippen molar-refractivity contribution < 1.29 is 19.8 Å². The monoisotopic (exact) mass is 283 g/mol. The van der Waals surface area contributed by atoms with E-state index >= 15 is 0 Å². The van der Waals surface area contributed by atoms with E-state index in [-0.39, 0.29) is 23.6 Å². The molecule has 1 heterocycles. The molecule has 0 spiro atoms. The van der Waals surface area contributed by atoms with Crippen LogP contribution in [0, 0.1) is 0 Å². The number of anilines is 1. The largest absolute Gasteiger partial charge is 0.508 e. The zero-order valence-electron chi connectivity index (χ0n) is 11.1. The number of benzene rings is 2. The molecule has 1 aliphatic rings. The van der Waals surface area contributed by atoms with Crippen LogP contribution in [0.15, 0.2) is 42.5 Å². The zero-order valence-corrected chi connectivity index (χ0v) is 11.1. The van der Waals surface area contributed by atoms with Crippen LogP contribution in [0.1, 0.15) is 21.5 Å². The van der Waals surface area contributed by atoms with Gasteiger partial charge in [0.2, 0.25) is 5.91 Å². The van der Waals surface area contributed by atoms with E-state index in [1.807, 2.05) is 6.07 Å². The van der Waals surface area contributed by atoms with Crippen LogP contribution in [0.4, 0.5) is 5.69 Å². The number of carboxylic acid groups (broad SMARTS) is 1. The van der Waals surface area contributed by atoms with Crippen LogP contribution < -0.4 is 4.90 Å². The first-order valence-electron chi connectivity index (χ1n) is 6.49. The Morgan fingerprint density at radius 3 is 2.71 bits per heavy atom. The number of phenols is 1. The SMILES string of the molecule is O=C(O)c1ccc2c(c1)N(Cc1cccc(O)c1)C(=O)C2. The van der Waals surface area contributed by atoms with Gasteiger partial charge in [-0.15, -0.1) is 0 Å². The number of aromatic carboxylic acids is 1. The summed E-state index contributed by atoms with van der Waals surface area (Å²) in [6.07, 6.45) is 0.272. The molecule has 5 heteroatoms. The number of carbonyl (C=O) groups excluding carboxylic acids is 1. The fourth-order valence-corrected chi connectivity index (χ4v) is 2.50. The Labute approximate surface area is 121 Å². The fourth-order valence-electron chi connectivity index (χ4n) is 2.50. The molecule has 2 aromatic carbocycles. The molecular formula is C16H13NO4. The predicted octanol–water partition coefficient (Wildman–Crippen LogP) is 2.18. The second-order valence-electron chi connectivity index (χ2n) is 4.98. The lowest BCUT2D eigenvalue weighted by molar-refractivity contribution is -0.117. The highest BCUT2D eigenvalue weighted by atomic mass is 16.4. The summed E-state index contributed by atoms with van der Waals surface area (Å²) >= 11 is 0. The van der Waals surface area contributed by atoms with Crippen molar-refractivity contribution in [2.75, 3.05) is 4.90 Å². The van der Waals surface area contributed by atoms with Crippen molar-refractivity contribution in [1.29, 1.82) is 0 Å². The minimum absolute atomic E-state index is 0.0733. The Balaban J connectivity index is 1.96. The Morgan fingerprint density at radius 2 is 2.00 bits per heavy atom. The number of nitrogens with zero attached hydrogens (tertiary/aromatic N) is 1. The van der Waals surface area contributed by atoms with E-state index in [1.54, 1.807) is 29.2 Å². The maximum atomic E-state index is 12.1. The second kappa shape index (κ2) is 4.94. The van der Waals surface area contributed by atoms with Gasteiger partial charge in [0.1, 0.15) is 5.75 Å². The van der Waals surface area contributed by atoms with E-state index in [4.69, 9.17) is 5.11 Å². The summed E-state index contributed by atoms with van der Waals surface area (Å²) in [4.78, 5) is 24.7. The van der Waals surface area contributed by atoms with Gasteiger partial charge in [-0.1, -0.05) is 18.2 Å². The molecule has 5 nitrogen and oxygen atoms in total. The zero-order chi connectivity index (χ0) is 15.0. The van der Waals surface area contributed by atoms with Gasteiger partial charge in [0, 0.05) is 5.69 Å². The second-order valence-corrected chi connectivity index (χ2v) is 4.98. The number of fused-ring (bicyclic) bond motifs is 1. The molecule has 2 N–H and O–H groups in total. The predicted molar refractivity (Wildman–Crippen MR) is 76.4 cm³/mol. The lowest BCUT2D eigenvalue weighted by Crippen LogP contribution is -2.26. The third-order valence-electron chi connectivity index (χ3n) is 3.52. The molecule has 0 aliphatic carbocycles. The lowest BCUT2D eigenvalue weighted by atomic mass is 10.1. The number of rotatable bonds is 3. The average molecular weight is 283 g/mol. The number of phenolic OH excluding ortho intramolecular Hbond substituents is 1. The third-order valence-corrected chi connectivity index (χ3v) is 3.52. The maximum absolute atomic E-state index is 12.1. The molecule has 1 aliphatic heterocycles. The maximum Gasteiger partial charge on any atom is 0.335 e. The molecule has 106 valence electrons. The summed E-state index contributed by atoms with van der Waals surface area (Å²) in [5.74, 6) is -0.955. The summed E-state index contributed by atoms with van der Waals surface area (Å²) in [5.41, 5.74) is 2.40. The highest BCUT2D eigenvalue weighted by Gasteiger charge is 2.28. The quantitative estimate of drug-likeness (QED) is 0.905. The highest BCUT2D eigenvalue weighted by molar-refractivity contribution is 6.02. The van der Waals surface area contributed by atoms with Crippen LogP contribution in [0.5, 0.6) is 5.75 Å². The molecule has 0 unspecified atom stereocenters. The molecule has 3 rings (SSSR count). The molecule has 0 fully saturated rings. The van der Waals surface area contributed by atoms with Gasteiger partial charge in [-0.3, -0.25) is 4.79 Å². The highest BCUT2D eigenvalue weighted by Crippen LogP contribution is 2.31. The van der Waals surface area contributed by atoms with Gasteiger partial charge in [-0.25, -0.2) is 4.79 Å². The van der Waals surface area contributed by atoms with E-state index < -0.39 is 5.97 Å². The third kappa shape index (κ3) is 2.45. The molecule has 0 saturated carbocycles. The van der Waals surface area contributed by atoms with Crippen molar-refractivity contribution >= 4 is 17.6 Å². The van der Waals surface area contributed by atoms with E-state index in [0.717, 1.165) is 11.1 Å². The lowest BCUT2D eigenvalue weighted by Gasteiger charge is -2.18. The summed E-state index contributed by atoms with van der Waals surface area (Å²) in [5, 5.41) is 18.5. The standard InChI is InChI=1S/C16H13NO4/c18-13-3-1-2-10(6-13)9-17-14-7-12(16(20)21)5-4-11(14)8-15(17)19/h1-7,18H,8-9H2,(H,20,21). The van der Waals surface area contributed by atoms with Crippen molar-refractivity contribution in [3.8, 4) is 5.75 Å². The summed E-state index contributed by atoms with van der Waals surface area (Å²) < 4.78 is 0. The van der Waals surface area contributed by atoms with E-state index in [0.29, 0.717) is 12.2 Å².